The number of anilines is 1. The van der Waals surface area contributed by atoms with Gasteiger partial charge in [-0.15, -0.1) is 0 Å². The Balaban J connectivity index is 0.993. The van der Waals surface area contributed by atoms with Crippen molar-refractivity contribution in [3.63, 3.8) is 0 Å². The maximum atomic E-state index is 14.0. The van der Waals surface area contributed by atoms with Gasteiger partial charge in [-0.2, -0.15) is 4.37 Å². The van der Waals surface area contributed by atoms with Gasteiger partial charge >= 0.3 is 0 Å². The number of aromatic amines is 1. The van der Waals surface area contributed by atoms with E-state index in [1.165, 1.54) is 18.2 Å². The molecule has 0 radical (unpaired) electrons. The minimum atomic E-state index is -1.34. The summed E-state index contributed by atoms with van der Waals surface area (Å²) in [6.45, 7) is 0. The molecule has 8 rings (SSSR count). The second kappa shape index (κ2) is 17.3. The van der Waals surface area contributed by atoms with Gasteiger partial charge in [0.1, 0.15) is 23.4 Å². The highest BCUT2D eigenvalue weighted by molar-refractivity contribution is 7.98. The molecular weight excluding hydrogens is 807 g/mol. The number of carbonyl (C=O) groups is 6. The number of aromatic nitrogens is 4. The topological polar surface area (TPSA) is 244 Å². The van der Waals surface area contributed by atoms with Crippen LogP contribution in [0.2, 0.25) is 0 Å². The van der Waals surface area contributed by atoms with E-state index in [4.69, 9.17) is 10.2 Å². The number of furan rings is 1. The first kappa shape index (κ1) is 39.5. The number of hydrogen-bond acceptors (Lipinski definition) is 13. The number of para-hydroxylation sites is 1. The minimum absolute atomic E-state index is 0.0368. The summed E-state index contributed by atoms with van der Waals surface area (Å²) in [5.41, 5.74) is 9.75. The molecule has 1 aliphatic heterocycles. The Kier molecular flexibility index (Phi) is 11.4. The van der Waals surface area contributed by atoms with Gasteiger partial charge in [0.25, 0.3) is 23.6 Å². The van der Waals surface area contributed by atoms with Crippen molar-refractivity contribution in [2.24, 2.45) is 10.1 Å². The van der Waals surface area contributed by atoms with Crippen molar-refractivity contribution >= 4 is 91.9 Å². The molecule has 0 bridgehead atoms. The minimum Gasteiger partial charge on any atom is -0.464 e. The van der Waals surface area contributed by atoms with Gasteiger partial charge in [0.05, 0.1) is 23.6 Å². The number of nitrogens with zero attached hydrogens (tertiary/aromatic N) is 4. The Morgan fingerprint density at radius 3 is 2.37 bits per heavy atom. The lowest BCUT2D eigenvalue weighted by atomic mass is 9.97. The third-order valence-electron chi connectivity index (χ3n) is 9.88. The molecule has 4 amide bonds. The average Bonchev–Trinajstić information content (AvgIpc) is 4.10. The molecule has 2 aromatic carbocycles. The van der Waals surface area contributed by atoms with Crippen molar-refractivity contribution in [2.75, 3.05) is 11.1 Å². The van der Waals surface area contributed by atoms with Crippen LogP contribution >= 0.6 is 23.5 Å². The fourth-order valence-electron chi connectivity index (χ4n) is 6.90. The number of rotatable bonds is 15. The molecule has 0 saturated carbocycles. The second-order valence-corrected chi connectivity index (χ2v) is 15.1. The summed E-state index contributed by atoms with van der Waals surface area (Å²) in [4.78, 5) is 91.6. The standard InChI is InChI=1S/C42H33N9O7S2/c43-39(54)37(52)32(48-40(55)35-27(20-59-50-35)29-8-3-5-13-44-29)15-22-18-46-31-17-24(11-12-25(22)31)47-42(57)38(53)33(16-23-19-58-34-10-2-1-7-26(23)34)49-41(56)36-28(21-60-51-36)30-9-4-6-14-45-30/h1-14,17-20,28,32-33,46H,15-16,21H2,(H2,43,54)(H,47,57)(H,48,55)(H,49,56). The second-order valence-electron chi connectivity index (χ2n) is 13.7. The van der Waals surface area contributed by atoms with E-state index in [-0.39, 0.29) is 29.9 Å². The van der Waals surface area contributed by atoms with E-state index < -0.39 is 53.2 Å². The van der Waals surface area contributed by atoms with E-state index in [2.05, 4.69) is 39.7 Å². The van der Waals surface area contributed by atoms with E-state index in [1.54, 1.807) is 78.6 Å². The van der Waals surface area contributed by atoms with E-state index >= 15 is 0 Å². The monoisotopic (exact) mass is 839 g/mol. The summed E-state index contributed by atoms with van der Waals surface area (Å²) >= 11 is 2.26. The number of amides is 4. The van der Waals surface area contributed by atoms with Crippen molar-refractivity contribution in [1.29, 1.82) is 0 Å². The quantitative estimate of drug-likeness (QED) is 0.0718. The Morgan fingerprint density at radius 1 is 0.833 bits per heavy atom. The predicted octanol–water partition coefficient (Wildman–Crippen LogP) is 4.34. The molecule has 0 saturated heterocycles. The average molecular weight is 840 g/mol. The van der Waals surface area contributed by atoms with Crippen LogP contribution in [0, 0.1) is 0 Å². The highest BCUT2D eigenvalue weighted by Crippen LogP contribution is 2.30. The first-order chi connectivity index (χ1) is 29.1. The third kappa shape index (κ3) is 8.31. The molecule has 3 unspecified atom stereocenters. The van der Waals surface area contributed by atoms with Gasteiger partial charge < -0.3 is 31.1 Å². The van der Waals surface area contributed by atoms with E-state index in [0.29, 0.717) is 50.3 Å². The fraction of sp³-hybridized carbons (Fsp3) is 0.143. The van der Waals surface area contributed by atoms with Gasteiger partial charge in [-0.05, 0) is 71.5 Å². The lowest BCUT2D eigenvalue weighted by Gasteiger charge is -2.19. The molecule has 7 aromatic rings. The first-order valence-electron chi connectivity index (χ1n) is 18.5. The molecule has 300 valence electrons. The Bertz CT molecular complexity index is 2820. The molecule has 18 heteroatoms. The van der Waals surface area contributed by atoms with Gasteiger partial charge in [-0.1, -0.05) is 36.4 Å². The van der Waals surface area contributed by atoms with Crippen molar-refractivity contribution in [3.05, 3.63) is 132 Å². The number of H-pyrrole nitrogens is 1. The van der Waals surface area contributed by atoms with Gasteiger partial charge in [0, 0.05) is 75.7 Å². The van der Waals surface area contributed by atoms with Crippen LogP contribution in [0.1, 0.15) is 33.2 Å². The SMILES string of the molecule is NC(=O)C(=O)C(Cc1c[nH]c2cc(NC(=O)C(=O)C(Cc3coc4ccccc34)NC(=O)C3=NSCC3c3ccccn3)ccc12)NC(=O)c1nscc1-c1ccccn1. The zero-order valence-electron chi connectivity index (χ0n) is 31.3. The largest absolute Gasteiger partial charge is 0.464 e. The number of fused-ring (bicyclic) bond motifs is 2. The van der Waals surface area contributed by atoms with Crippen LogP contribution in [0.4, 0.5) is 5.69 Å². The maximum Gasteiger partial charge on any atom is 0.293 e. The number of Topliss-reactive ketones (excluding diaryl/α,β-unsaturated/α-hetero) is 2. The Morgan fingerprint density at radius 2 is 1.58 bits per heavy atom. The fourth-order valence-corrected chi connectivity index (χ4v) is 8.48. The van der Waals surface area contributed by atoms with Crippen molar-refractivity contribution in [1.82, 2.24) is 30.0 Å². The van der Waals surface area contributed by atoms with Crippen LogP contribution < -0.4 is 21.7 Å². The Labute approximate surface area is 348 Å². The number of nitrogens with one attached hydrogen (secondary N) is 4. The van der Waals surface area contributed by atoms with Crippen molar-refractivity contribution < 1.29 is 33.2 Å². The molecule has 3 atom stereocenters. The maximum absolute atomic E-state index is 14.0. The molecular formula is C42H33N9O7S2. The van der Waals surface area contributed by atoms with Crippen molar-refractivity contribution in [2.45, 2.75) is 30.8 Å². The number of nitrogens with two attached hydrogens (primary N) is 1. The summed E-state index contributed by atoms with van der Waals surface area (Å²) in [6.07, 6.45) is 6.14. The van der Waals surface area contributed by atoms with Gasteiger partial charge in [-0.3, -0.25) is 38.7 Å². The van der Waals surface area contributed by atoms with E-state index in [9.17, 15) is 28.8 Å². The molecule has 0 aliphatic carbocycles. The Hall–Kier alpha value is -7.31. The van der Waals surface area contributed by atoms with Crippen LogP contribution in [-0.2, 0) is 36.8 Å². The van der Waals surface area contributed by atoms with Crippen LogP contribution in [0.5, 0.6) is 0 Å². The summed E-state index contributed by atoms with van der Waals surface area (Å²) in [5, 5.41) is 11.0. The molecule has 5 aromatic heterocycles. The van der Waals surface area contributed by atoms with E-state index in [0.717, 1.165) is 16.9 Å². The molecule has 1 aliphatic rings. The number of ketones is 2. The zero-order valence-corrected chi connectivity index (χ0v) is 32.9. The van der Waals surface area contributed by atoms with Crippen LogP contribution in [0.15, 0.2) is 118 Å². The third-order valence-corrected chi connectivity index (χ3v) is 11.3. The van der Waals surface area contributed by atoms with Crippen LogP contribution in [-0.4, -0.2) is 78.1 Å². The molecule has 60 heavy (non-hydrogen) atoms. The zero-order chi connectivity index (χ0) is 41.8. The molecule has 16 nitrogen and oxygen atoms in total. The number of primary amides is 1. The highest BCUT2D eigenvalue weighted by atomic mass is 32.2. The van der Waals surface area contributed by atoms with Gasteiger partial charge in [0.15, 0.2) is 5.69 Å². The highest BCUT2D eigenvalue weighted by Gasteiger charge is 2.35. The smallest absolute Gasteiger partial charge is 0.293 e. The summed E-state index contributed by atoms with van der Waals surface area (Å²) in [7, 11) is 0. The van der Waals surface area contributed by atoms with Crippen molar-refractivity contribution in [3.8, 4) is 11.3 Å². The van der Waals surface area contributed by atoms with Gasteiger partial charge in [-0.25, -0.2) is 4.40 Å². The normalized spacial score (nSPS) is 14.6. The number of pyridine rings is 2. The summed E-state index contributed by atoms with van der Waals surface area (Å²) in [6, 6.07) is 20.0. The van der Waals surface area contributed by atoms with Gasteiger partial charge in [0.2, 0.25) is 11.6 Å². The predicted molar refractivity (Wildman–Crippen MR) is 225 cm³/mol. The number of carbonyl (C=O) groups excluding carboxylic acids is 6. The first-order valence-corrected chi connectivity index (χ1v) is 20.2. The summed E-state index contributed by atoms with van der Waals surface area (Å²) < 4.78 is 14.2. The lowest BCUT2D eigenvalue weighted by molar-refractivity contribution is -0.137. The van der Waals surface area contributed by atoms with E-state index in [1.807, 2.05) is 24.3 Å². The molecule has 6 heterocycles. The van der Waals surface area contributed by atoms with Crippen LogP contribution in [0.25, 0.3) is 33.1 Å². The van der Waals surface area contributed by atoms with Crippen LogP contribution in [0.3, 0.4) is 0 Å². The molecule has 0 fully saturated rings. The summed E-state index contributed by atoms with van der Waals surface area (Å²) in [5.74, 6) is -5.32. The lowest BCUT2D eigenvalue weighted by Crippen LogP contribution is -2.49. The molecule has 0 spiro atoms. The number of benzene rings is 2. The number of hydrogen-bond donors (Lipinski definition) is 5. The molecule has 6 N–H and O–H groups in total.